The topological polar surface area (TPSA) is 58.6 Å². The minimum atomic E-state index is -4.14. The van der Waals surface area contributed by atoms with Crippen LogP contribution in [0.1, 0.15) is 97.3 Å². The van der Waals surface area contributed by atoms with Crippen molar-refractivity contribution in [2.45, 2.75) is 97.3 Å². The van der Waals surface area contributed by atoms with Gasteiger partial charge in [-0.2, -0.15) is 0 Å². The molecule has 0 aromatic rings. The second-order valence-electron chi connectivity index (χ2n) is 8.39. The number of hydrogen-bond donors (Lipinski definition) is 0. The summed E-state index contributed by atoms with van der Waals surface area (Å²) in [6.07, 6.45) is 15.9. The van der Waals surface area contributed by atoms with Crippen LogP contribution in [0.25, 0.3) is 0 Å². The van der Waals surface area contributed by atoms with E-state index in [0.29, 0.717) is 6.54 Å². The first-order valence-electron chi connectivity index (χ1n) is 11.2. The summed E-state index contributed by atoms with van der Waals surface area (Å²) < 4.78 is 22.5. The molecule has 0 aliphatic heterocycles. The molecule has 0 rings (SSSR count). The maximum absolute atomic E-state index is 11.8. The zero-order valence-electron chi connectivity index (χ0n) is 18.5. The number of unbranched alkanes of at least 4 members (excludes halogenated alkanes) is 11. The van der Waals surface area contributed by atoms with E-state index in [4.69, 9.17) is 9.05 Å². The third-order valence-electron chi connectivity index (χ3n) is 5.06. The van der Waals surface area contributed by atoms with Gasteiger partial charge in [0, 0.05) is 0 Å². The highest BCUT2D eigenvalue weighted by Gasteiger charge is 2.17. The van der Waals surface area contributed by atoms with Gasteiger partial charge in [0.05, 0.1) is 27.2 Å². The number of quaternary nitrogens is 1. The molecule has 0 aliphatic rings. The first kappa shape index (κ1) is 27.1. The largest absolute Gasteiger partial charge is 0.756 e. The molecule has 0 aromatic heterocycles. The molecule has 0 bridgehead atoms. The molecule has 0 saturated heterocycles. The molecular weight excluding hydrogens is 361 g/mol. The smallest absolute Gasteiger partial charge is 0.268 e. The van der Waals surface area contributed by atoms with E-state index in [2.05, 4.69) is 27.9 Å². The summed E-state index contributed by atoms with van der Waals surface area (Å²) in [5.74, 6) is 0. The number of nitrogens with zero attached hydrogens (tertiary/aromatic N) is 1. The highest BCUT2D eigenvalue weighted by molar-refractivity contribution is 7.45. The van der Waals surface area contributed by atoms with Gasteiger partial charge in [-0.15, -0.1) is 0 Å². The van der Waals surface area contributed by atoms with Gasteiger partial charge in [0.15, 0.2) is 0 Å². The van der Waals surface area contributed by atoms with Gasteiger partial charge in [-0.05, 0) is 19.3 Å². The van der Waals surface area contributed by atoms with Crippen molar-refractivity contribution in [1.29, 1.82) is 0 Å². The Labute approximate surface area is 169 Å². The zero-order chi connectivity index (χ0) is 20.4. The number of phosphoric acid groups is 1. The van der Waals surface area contributed by atoms with Crippen molar-refractivity contribution in [3.8, 4) is 0 Å². The van der Waals surface area contributed by atoms with Crippen molar-refractivity contribution >= 4 is 7.82 Å². The molecule has 0 N–H and O–H groups in total. The second kappa shape index (κ2) is 17.0. The Morgan fingerprint density at radius 2 is 1.11 bits per heavy atom. The summed E-state index contributed by atoms with van der Waals surface area (Å²) in [6, 6.07) is 0. The molecule has 0 fully saturated rings. The maximum Gasteiger partial charge on any atom is 0.268 e. The third-order valence-corrected chi connectivity index (χ3v) is 6.06. The van der Waals surface area contributed by atoms with Crippen molar-refractivity contribution in [2.75, 3.05) is 40.4 Å². The standard InChI is InChI=1S/C21H46NO4P/c1-5-7-9-11-12-13-14-15-16-18-22(3,4)19-21-26-27(23,24)25-20-17-10-8-6-2/h5-21H2,1-4H3. The predicted octanol–water partition coefficient (Wildman–Crippen LogP) is 5.68. The van der Waals surface area contributed by atoms with E-state index in [-0.39, 0.29) is 13.2 Å². The summed E-state index contributed by atoms with van der Waals surface area (Å²) in [5, 5.41) is 0. The number of rotatable bonds is 20. The van der Waals surface area contributed by atoms with Gasteiger partial charge in [-0.3, -0.25) is 4.57 Å². The molecule has 1 unspecified atom stereocenters. The molecule has 27 heavy (non-hydrogen) atoms. The van der Waals surface area contributed by atoms with Crippen molar-refractivity contribution in [3.63, 3.8) is 0 Å². The SMILES string of the molecule is CCCCCCCCCCC[N+](C)(C)CCOP(=O)([O-])OCCCCCC. The van der Waals surface area contributed by atoms with E-state index in [1.165, 1.54) is 57.8 Å². The van der Waals surface area contributed by atoms with Crippen LogP contribution in [0.5, 0.6) is 0 Å². The first-order valence-corrected chi connectivity index (χ1v) is 12.7. The second-order valence-corrected chi connectivity index (χ2v) is 9.80. The fourth-order valence-corrected chi connectivity index (χ4v) is 3.84. The Kier molecular flexibility index (Phi) is 17.0. The normalized spacial score (nSPS) is 14.4. The van der Waals surface area contributed by atoms with Gasteiger partial charge in [-0.25, -0.2) is 0 Å². The van der Waals surface area contributed by atoms with Gasteiger partial charge in [-0.1, -0.05) is 78.1 Å². The lowest BCUT2D eigenvalue weighted by molar-refractivity contribution is -0.890. The lowest BCUT2D eigenvalue weighted by Gasteiger charge is -2.31. The van der Waals surface area contributed by atoms with Gasteiger partial charge in [0.2, 0.25) is 0 Å². The van der Waals surface area contributed by atoms with E-state index >= 15 is 0 Å². The summed E-state index contributed by atoms with van der Waals surface area (Å²) in [6.45, 7) is 6.54. The zero-order valence-corrected chi connectivity index (χ0v) is 19.4. The molecule has 0 aromatic carbocycles. The molecule has 1 atom stereocenters. The van der Waals surface area contributed by atoms with E-state index in [9.17, 15) is 9.46 Å². The van der Waals surface area contributed by atoms with Crippen molar-refractivity contribution in [2.24, 2.45) is 0 Å². The highest BCUT2D eigenvalue weighted by Crippen LogP contribution is 2.38. The highest BCUT2D eigenvalue weighted by atomic mass is 31.2. The van der Waals surface area contributed by atoms with Gasteiger partial charge >= 0.3 is 0 Å². The van der Waals surface area contributed by atoms with Gasteiger partial charge in [0.25, 0.3) is 7.82 Å². The van der Waals surface area contributed by atoms with Crippen LogP contribution < -0.4 is 4.89 Å². The minimum Gasteiger partial charge on any atom is -0.756 e. The van der Waals surface area contributed by atoms with Crippen LogP contribution in [0, 0.1) is 0 Å². The van der Waals surface area contributed by atoms with Gasteiger partial charge in [0.1, 0.15) is 13.2 Å². The van der Waals surface area contributed by atoms with Crippen LogP contribution in [0.3, 0.4) is 0 Å². The Morgan fingerprint density at radius 1 is 0.667 bits per heavy atom. The van der Waals surface area contributed by atoms with Gasteiger partial charge < -0.3 is 18.4 Å². The molecule has 5 nitrogen and oxygen atoms in total. The molecule has 164 valence electrons. The Hall–Kier alpha value is 0.0700. The molecule has 0 amide bonds. The van der Waals surface area contributed by atoms with E-state index in [1.54, 1.807) is 0 Å². The average molecular weight is 408 g/mol. The van der Waals surface area contributed by atoms with Crippen molar-refractivity contribution in [1.82, 2.24) is 0 Å². The fraction of sp³-hybridized carbons (Fsp3) is 1.00. The molecule has 0 spiro atoms. The molecule has 0 saturated carbocycles. The van der Waals surface area contributed by atoms with E-state index in [1.807, 2.05) is 0 Å². The van der Waals surface area contributed by atoms with Crippen LogP contribution in [-0.2, 0) is 13.6 Å². The van der Waals surface area contributed by atoms with E-state index in [0.717, 1.165) is 36.7 Å². The number of phosphoric ester groups is 1. The molecule has 0 radical (unpaired) electrons. The Morgan fingerprint density at radius 3 is 1.67 bits per heavy atom. The third kappa shape index (κ3) is 19.2. The monoisotopic (exact) mass is 407 g/mol. The first-order chi connectivity index (χ1) is 12.8. The number of likely N-dealkylation sites (N-methyl/N-ethyl adjacent to an activating group) is 1. The Balaban J connectivity index is 3.67. The van der Waals surface area contributed by atoms with Crippen molar-refractivity contribution in [3.05, 3.63) is 0 Å². The van der Waals surface area contributed by atoms with E-state index < -0.39 is 7.82 Å². The Bertz CT molecular complexity index is 377. The minimum absolute atomic E-state index is 0.195. The van der Waals surface area contributed by atoms with Crippen LogP contribution >= 0.6 is 7.82 Å². The predicted molar refractivity (Wildman–Crippen MR) is 113 cm³/mol. The summed E-state index contributed by atoms with van der Waals surface area (Å²) in [5.41, 5.74) is 0. The van der Waals surface area contributed by atoms with Crippen LogP contribution in [-0.4, -0.2) is 44.9 Å². The average Bonchev–Trinajstić information content (AvgIpc) is 2.59. The maximum atomic E-state index is 11.8. The molecular formula is C21H46NO4P. The molecule has 0 heterocycles. The number of hydrogen-bond acceptors (Lipinski definition) is 4. The molecule has 6 heteroatoms. The summed E-state index contributed by atoms with van der Waals surface area (Å²) >= 11 is 0. The van der Waals surface area contributed by atoms with Crippen LogP contribution in [0.4, 0.5) is 0 Å². The van der Waals surface area contributed by atoms with Crippen LogP contribution in [0.15, 0.2) is 0 Å². The lowest BCUT2D eigenvalue weighted by atomic mass is 10.1. The molecule has 0 aliphatic carbocycles. The summed E-state index contributed by atoms with van der Waals surface area (Å²) in [4.78, 5) is 11.8. The van der Waals surface area contributed by atoms with Crippen molar-refractivity contribution < 1.29 is 23.0 Å². The lowest BCUT2D eigenvalue weighted by Crippen LogP contribution is -2.43. The summed E-state index contributed by atoms with van der Waals surface area (Å²) in [7, 11) is 0.129. The van der Waals surface area contributed by atoms with Crippen LogP contribution in [0.2, 0.25) is 0 Å². The fourth-order valence-electron chi connectivity index (χ4n) is 3.10. The quantitative estimate of drug-likeness (QED) is 0.148.